The summed E-state index contributed by atoms with van der Waals surface area (Å²) in [5.74, 6) is 0. The number of hydrogen-bond acceptors (Lipinski definition) is 2. The Bertz CT molecular complexity index is 756. The second-order valence-electron chi connectivity index (χ2n) is 5.50. The molecule has 0 aliphatic heterocycles. The van der Waals surface area contributed by atoms with Gasteiger partial charge in [0.05, 0.1) is 5.56 Å². The van der Waals surface area contributed by atoms with Gasteiger partial charge in [0.1, 0.15) is 5.49 Å². The first-order valence-electron chi connectivity index (χ1n) is 7.51. The van der Waals surface area contributed by atoms with Crippen molar-refractivity contribution in [3.05, 3.63) is 63.7 Å². The van der Waals surface area contributed by atoms with E-state index in [1.807, 2.05) is 12.1 Å². The average Bonchev–Trinajstić information content (AvgIpc) is 2.51. The lowest BCUT2D eigenvalue weighted by atomic mass is 10.0. The molecule has 0 aliphatic carbocycles. The molecule has 0 atom stereocenters. The van der Waals surface area contributed by atoms with Crippen molar-refractivity contribution in [3.8, 4) is 0 Å². The first-order chi connectivity index (χ1) is 11.3. The summed E-state index contributed by atoms with van der Waals surface area (Å²) >= 11 is 5.92. The Kier molecular flexibility index (Phi) is 6.07. The number of pyridine rings is 1. The zero-order valence-electron chi connectivity index (χ0n) is 12.9. The summed E-state index contributed by atoms with van der Waals surface area (Å²) in [6, 6.07) is 8.09. The molecule has 1 heterocycles. The molecule has 0 radical (unpaired) electrons. The topological polar surface area (TPSA) is 49.0 Å². The van der Waals surface area contributed by atoms with Gasteiger partial charge in [0.15, 0.2) is 0 Å². The van der Waals surface area contributed by atoms with Crippen LogP contribution in [0.3, 0.4) is 0 Å². The van der Waals surface area contributed by atoms with E-state index in [1.54, 1.807) is 12.1 Å². The fraction of sp³-hybridized carbons (Fsp3) is 0.353. The van der Waals surface area contributed by atoms with Crippen LogP contribution in [0.5, 0.6) is 0 Å². The maximum atomic E-state index is 13.1. The van der Waals surface area contributed by atoms with Crippen molar-refractivity contribution < 1.29 is 18.3 Å². The maximum absolute atomic E-state index is 13.1. The molecule has 1 aromatic heterocycles. The smallest absolute Gasteiger partial charge is 0.396 e. The largest absolute Gasteiger partial charge is 0.416 e. The van der Waals surface area contributed by atoms with Crippen molar-refractivity contribution in [3.63, 3.8) is 0 Å². The highest BCUT2D eigenvalue weighted by Gasteiger charge is 2.33. The molecule has 0 saturated carbocycles. The van der Waals surface area contributed by atoms with E-state index >= 15 is 0 Å². The van der Waals surface area contributed by atoms with E-state index in [2.05, 4.69) is 0 Å². The van der Waals surface area contributed by atoms with E-state index in [4.69, 9.17) is 22.1 Å². The Morgan fingerprint density at radius 3 is 2.54 bits per heavy atom. The summed E-state index contributed by atoms with van der Waals surface area (Å²) in [5, 5.41) is 17.3. The zero-order valence-corrected chi connectivity index (χ0v) is 13.7. The molecular weight excluding hydrogens is 341 g/mol. The van der Waals surface area contributed by atoms with Crippen LogP contribution in [0.15, 0.2) is 36.5 Å². The van der Waals surface area contributed by atoms with Gasteiger partial charge in [-0.15, -0.1) is 0 Å². The first-order valence-corrected chi connectivity index (χ1v) is 7.89. The molecule has 130 valence electrons. The van der Waals surface area contributed by atoms with E-state index < -0.39 is 11.7 Å². The fourth-order valence-corrected chi connectivity index (χ4v) is 2.71. The minimum absolute atomic E-state index is 0.0960. The molecule has 0 bridgehead atoms. The Hall–Kier alpha value is -1.79. The molecule has 0 spiro atoms. The van der Waals surface area contributed by atoms with Crippen molar-refractivity contribution >= 4 is 11.6 Å². The quantitative estimate of drug-likeness (QED) is 0.810. The number of aliphatic hydroxyl groups excluding tert-OH is 1. The second-order valence-corrected chi connectivity index (χ2v) is 5.93. The Balaban J connectivity index is 2.28. The number of hydrogen-bond donors (Lipinski definition) is 2. The highest BCUT2D eigenvalue weighted by Crippen LogP contribution is 2.31. The minimum Gasteiger partial charge on any atom is -0.396 e. The standard InChI is InChI=1S/C17H18ClF3N2O/c18-14-5-1-3-12(9-14)6-7-23-11-13(4-2-8-24)15(10-16(23)22)17(19,20)21/h1,3,5,9-11,22,24H,2,4,6-8H2. The maximum Gasteiger partial charge on any atom is 0.416 e. The van der Waals surface area contributed by atoms with E-state index in [0.29, 0.717) is 18.0 Å². The summed E-state index contributed by atoms with van der Waals surface area (Å²) in [7, 11) is 0. The molecule has 0 unspecified atom stereocenters. The normalized spacial score (nSPS) is 11.7. The van der Waals surface area contributed by atoms with E-state index in [-0.39, 0.29) is 30.5 Å². The monoisotopic (exact) mass is 358 g/mol. The van der Waals surface area contributed by atoms with Gasteiger partial charge in [-0.3, -0.25) is 5.41 Å². The molecule has 0 fully saturated rings. The van der Waals surface area contributed by atoms with Gasteiger partial charge in [-0.25, -0.2) is 0 Å². The zero-order chi connectivity index (χ0) is 17.7. The van der Waals surface area contributed by atoms with E-state index in [0.717, 1.165) is 11.6 Å². The molecule has 3 nitrogen and oxygen atoms in total. The van der Waals surface area contributed by atoms with Crippen LogP contribution in [0.25, 0.3) is 0 Å². The summed E-state index contributed by atoms with van der Waals surface area (Å²) < 4.78 is 40.8. The molecule has 0 amide bonds. The predicted octanol–water partition coefficient (Wildman–Crippen LogP) is 3.81. The van der Waals surface area contributed by atoms with E-state index in [9.17, 15) is 13.2 Å². The number of benzene rings is 1. The van der Waals surface area contributed by atoms with Gasteiger partial charge in [-0.2, -0.15) is 13.2 Å². The van der Waals surface area contributed by atoms with Crippen LogP contribution in [0, 0.1) is 5.41 Å². The SMILES string of the molecule is N=c1cc(C(F)(F)F)c(CCCO)cn1CCc1cccc(Cl)c1. The van der Waals surface area contributed by atoms with Gasteiger partial charge >= 0.3 is 6.18 Å². The number of rotatable bonds is 6. The van der Waals surface area contributed by atoms with Gasteiger partial charge in [0.2, 0.25) is 0 Å². The number of aliphatic hydroxyl groups is 1. The second kappa shape index (κ2) is 7.85. The van der Waals surface area contributed by atoms with Crippen LogP contribution in [0.4, 0.5) is 13.2 Å². The van der Waals surface area contributed by atoms with Crippen LogP contribution < -0.4 is 5.49 Å². The van der Waals surface area contributed by atoms with Gasteiger partial charge in [-0.1, -0.05) is 23.7 Å². The fourth-order valence-electron chi connectivity index (χ4n) is 2.50. The van der Waals surface area contributed by atoms with Gasteiger partial charge in [0, 0.05) is 24.4 Å². The third kappa shape index (κ3) is 4.85. The number of nitrogens with one attached hydrogen (secondary N) is 1. The van der Waals surface area contributed by atoms with Gasteiger partial charge in [0.25, 0.3) is 0 Å². The average molecular weight is 359 g/mol. The number of aryl methyl sites for hydroxylation is 3. The molecule has 2 rings (SSSR count). The third-order valence-electron chi connectivity index (χ3n) is 3.69. The number of nitrogens with zero attached hydrogens (tertiary/aromatic N) is 1. The van der Waals surface area contributed by atoms with Gasteiger partial charge in [-0.05, 0) is 48.6 Å². The lowest BCUT2D eigenvalue weighted by Gasteiger charge is -2.16. The third-order valence-corrected chi connectivity index (χ3v) is 3.92. The van der Waals surface area contributed by atoms with Crippen molar-refractivity contribution in [2.24, 2.45) is 0 Å². The van der Waals surface area contributed by atoms with Crippen LogP contribution in [-0.2, 0) is 25.6 Å². The molecule has 0 saturated heterocycles. The van der Waals surface area contributed by atoms with Crippen molar-refractivity contribution in [1.29, 1.82) is 5.41 Å². The lowest BCUT2D eigenvalue weighted by molar-refractivity contribution is -0.138. The number of halogens is 4. The molecule has 7 heteroatoms. The van der Waals surface area contributed by atoms with Gasteiger partial charge < -0.3 is 9.67 Å². The van der Waals surface area contributed by atoms with Crippen molar-refractivity contribution in [1.82, 2.24) is 4.57 Å². The minimum atomic E-state index is -4.51. The molecule has 2 aromatic rings. The van der Waals surface area contributed by atoms with Crippen LogP contribution in [0.1, 0.15) is 23.1 Å². The Labute approximate surface area is 142 Å². The summed E-state index contributed by atoms with van der Waals surface area (Å²) in [6.07, 6.45) is -2.22. The van der Waals surface area contributed by atoms with Crippen LogP contribution >= 0.6 is 11.6 Å². The Morgan fingerprint density at radius 1 is 1.17 bits per heavy atom. The number of alkyl halides is 3. The Morgan fingerprint density at radius 2 is 1.92 bits per heavy atom. The van der Waals surface area contributed by atoms with Crippen LogP contribution in [0.2, 0.25) is 5.02 Å². The summed E-state index contributed by atoms with van der Waals surface area (Å²) in [5.41, 5.74) is 0.0434. The molecule has 24 heavy (non-hydrogen) atoms. The molecular formula is C17H18ClF3N2O. The summed E-state index contributed by atoms with van der Waals surface area (Å²) in [4.78, 5) is 0. The number of aromatic nitrogens is 1. The highest BCUT2D eigenvalue weighted by molar-refractivity contribution is 6.30. The summed E-state index contributed by atoms with van der Waals surface area (Å²) in [6.45, 7) is 0.200. The van der Waals surface area contributed by atoms with Crippen molar-refractivity contribution in [2.45, 2.75) is 32.0 Å². The van der Waals surface area contributed by atoms with Crippen molar-refractivity contribution in [2.75, 3.05) is 6.61 Å². The molecule has 1 aromatic carbocycles. The highest BCUT2D eigenvalue weighted by atomic mass is 35.5. The molecule has 2 N–H and O–H groups in total. The predicted molar refractivity (Wildman–Crippen MR) is 85.9 cm³/mol. The molecule has 0 aliphatic rings. The van der Waals surface area contributed by atoms with Crippen LogP contribution in [-0.4, -0.2) is 16.3 Å². The van der Waals surface area contributed by atoms with E-state index in [1.165, 1.54) is 10.8 Å². The lowest BCUT2D eigenvalue weighted by Crippen LogP contribution is -2.25. The first kappa shape index (κ1) is 18.5.